The quantitative estimate of drug-likeness (QED) is 0.628. The van der Waals surface area contributed by atoms with Gasteiger partial charge in [0.2, 0.25) is 0 Å². The van der Waals surface area contributed by atoms with Gasteiger partial charge in [0.25, 0.3) is 0 Å². The van der Waals surface area contributed by atoms with Crippen molar-refractivity contribution >= 4 is 5.97 Å². The molecule has 3 N–H and O–H groups in total. The van der Waals surface area contributed by atoms with Crippen molar-refractivity contribution in [3.05, 3.63) is 0 Å². The molecular weight excluding hydrogens is 142 g/mol. The van der Waals surface area contributed by atoms with Gasteiger partial charge in [-0.05, 0) is 18.3 Å². The highest BCUT2D eigenvalue weighted by Crippen LogP contribution is 2.39. The van der Waals surface area contributed by atoms with Crippen LogP contribution in [-0.2, 0) is 4.79 Å². The summed E-state index contributed by atoms with van der Waals surface area (Å²) in [5.74, 6) is -0.866. The fourth-order valence-electron chi connectivity index (χ4n) is 1.79. The van der Waals surface area contributed by atoms with E-state index in [0.29, 0.717) is 0 Å². The number of hydrogen-bond donors (Lipinski definition) is 2. The lowest BCUT2D eigenvalue weighted by molar-refractivity contribution is -0.141. The lowest BCUT2D eigenvalue weighted by Crippen LogP contribution is -2.44. The first-order valence-corrected chi connectivity index (χ1v) is 4.05. The summed E-state index contributed by atoms with van der Waals surface area (Å²) in [5, 5.41) is 8.68. The van der Waals surface area contributed by atoms with Gasteiger partial charge in [-0.2, -0.15) is 0 Å². The summed E-state index contributed by atoms with van der Waals surface area (Å²) in [5.41, 5.74) is 5.41. The van der Waals surface area contributed by atoms with Crippen molar-refractivity contribution in [1.29, 1.82) is 0 Å². The molecule has 0 aliphatic heterocycles. The summed E-state index contributed by atoms with van der Waals surface area (Å²) < 4.78 is 0. The molecule has 0 amide bonds. The van der Waals surface area contributed by atoms with E-state index in [-0.39, 0.29) is 5.41 Å². The lowest BCUT2D eigenvalue weighted by Gasteiger charge is -2.27. The van der Waals surface area contributed by atoms with E-state index in [1.165, 1.54) is 0 Å². The van der Waals surface area contributed by atoms with Gasteiger partial charge < -0.3 is 10.8 Å². The molecule has 0 bridgehead atoms. The molecule has 3 heteroatoms. The molecule has 0 aromatic heterocycles. The van der Waals surface area contributed by atoms with E-state index in [9.17, 15) is 4.79 Å². The standard InChI is InChI=1S/C8H15NO2/c1-8(4-2-3-5-8)6(9)7(10)11/h6H,2-5,9H2,1H3,(H,10,11)/t6-/m1/s1. The third-order valence-corrected chi connectivity index (χ3v) is 2.76. The molecule has 1 rings (SSSR count). The van der Waals surface area contributed by atoms with Crippen LogP contribution in [-0.4, -0.2) is 17.1 Å². The third-order valence-electron chi connectivity index (χ3n) is 2.76. The van der Waals surface area contributed by atoms with Crippen LogP contribution in [0.3, 0.4) is 0 Å². The Kier molecular flexibility index (Phi) is 2.18. The van der Waals surface area contributed by atoms with Gasteiger partial charge in [0.15, 0.2) is 0 Å². The minimum absolute atomic E-state index is 0.147. The van der Waals surface area contributed by atoms with E-state index in [1.807, 2.05) is 6.92 Å². The first-order valence-electron chi connectivity index (χ1n) is 4.05. The van der Waals surface area contributed by atoms with Crippen LogP contribution in [0.5, 0.6) is 0 Å². The van der Waals surface area contributed by atoms with Gasteiger partial charge in [-0.15, -0.1) is 0 Å². The second-order valence-electron chi connectivity index (χ2n) is 3.68. The van der Waals surface area contributed by atoms with Crippen molar-refractivity contribution in [3.8, 4) is 0 Å². The summed E-state index contributed by atoms with van der Waals surface area (Å²) in [4.78, 5) is 10.6. The first kappa shape index (κ1) is 8.53. The summed E-state index contributed by atoms with van der Waals surface area (Å²) in [6, 6.07) is -0.676. The van der Waals surface area contributed by atoms with Crippen molar-refractivity contribution in [3.63, 3.8) is 0 Å². The molecule has 0 heterocycles. The van der Waals surface area contributed by atoms with Crippen LogP contribution in [0.2, 0.25) is 0 Å². The number of aliphatic carboxylic acids is 1. The number of hydrogen-bond acceptors (Lipinski definition) is 2. The normalized spacial score (nSPS) is 24.9. The van der Waals surface area contributed by atoms with Crippen molar-refractivity contribution in [2.45, 2.75) is 38.6 Å². The Bertz CT molecular complexity index is 161. The minimum Gasteiger partial charge on any atom is -0.480 e. The van der Waals surface area contributed by atoms with Crippen LogP contribution in [0.25, 0.3) is 0 Å². The Morgan fingerprint density at radius 3 is 2.36 bits per heavy atom. The van der Waals surface area contributed by atoms with Gasteiger partial charge in [-0.3, -0.25) is 4.79 Å². The van der Waals surface area contributed by atoms with E-state index in [1.54, 1.807) is 0 Å². The Morgan fingerprint density at radius 1 is 1.55 bits per heavy atom. The maximum atomic E-state index is 10.6. The number of nitrogens with two attached hydrogens (primary N) is 1. The fraction of sp³-hybridized carbons (Fsp3) is 0.875. The lowest BCUT2D eigenvalue weighted by atomic mass is 9.81. The Morgan fingerprint density at radius 2 is 2.00 bits per heavy atom. The summed E-state index contributed by atoms with van der Waals surface area (Å²) in [6.45, 7) is 1.97. The van der Waals surface area contributed by atoms with Crippen LogP contribution in [0, 0.1) is 5.41 Å². The van der Waals surface area contributed by atoms with Gasteiger partial charge >= 0.3 is 5.97 Å². The molecule has 0 radical (unpaired) electrons. The molecule has 0 unspecified atom stereocenters. The average Bonchev–Trinajstić information content (AvgIpc) is 2.35. The van der Waals surface area contributed by atoms with Crippen molar-refractivity contribution in [2.75, 3.05) is 0 Å². The van der Waals surface area contributed by atoms with Crippen LogP contribution in [0.1, 0.15) is 32.6 Å². The molecule has 0 aromatic carbocycles. The van der Waals surface area contributed by atoms with Gasteiger partial charge in [-0.1, -0.05) is 19.8 Å². The predicted molar refractivity (Wildman–Crippen MR) is 42.2 cm³/mol. The highest BCUT2D eigenvalue weighted by molar-refractivity contribution is 5.74. The molecule has 0 saturated heterocycles. The molecule has 0 aromatic rings. The minimum atomic E-state index is -0.866. The Hall–Kier alpha value is -0.570. The number of carbonyl (C=O) groups is 1. The van der Waals surface area contributed by atoms with Crippen LogP contribution < -0.4 is 5.73 Å². The molecule has 3 nitrogen and oxygen atoms in total. The SMILES string of the molecule is CC1([C@H](N)C(=O)O)CCCC1. The first-order chi connectivity index (χ1) is 5.06. The van der Waals surface area contributed by atoms with Crippen molar-refractivity contribution < 1.29 is 9.90 Å². The van der Waals surface area contributed by atoms with Crippen molar-refractivity contribution in [1.82, 2.24) is 0 Å². The molecule has 1 aliphatic carbocycles. The molecular formula is C8H15NO2. The smallest absolute Gasteiger partial charge is 0.321 e. The highest BCUT2D eigenvalue weighted by atomic mass is 16.4. The van der Waals surface area contributed by atoms with Gasteiger partial charge in [0, 0.05) is 0 Å². The molecule has 0 spiro atoms. The number of carboxylic acids is 1. The van der Waals surface area contributed by atoms with Crippen LogP contribution in [0.4, 0.5) is 0 Å². The average molecular weight is 157 g/mol. The topological polar surface area (TPSA) is 63.3 Å². The Balaban J connectivity index is 2.63. The second-order valence-corrected chi connectivity index (χ2v) is 3.68. The summed E-state index contributed by atoms with van der Waals surface area (Å²) in [7, 11) is 0. The summed E-state index contributed by atoms with van der Waals surface area (Å²) in [6.07, 6.45) is 4.16. The van der Waals surface area contributed by atoms with Gasteiger partial charge in [0.05, 0.1) is 0 Å². The monoisotopic (exact) mass is 157 g/mol. The van der Waals surface area contributed by atoms with E-state index >= 15 is 0 Å². The van der Waals surface area contributed by atoms with E-state index in [0.717, 1.165) is 25.7 Å². The Labute approximate surface area is 66.6 Å². The molecule has 1 aliphatic rings. The third kappa shape index (κ3) is 1.53. The maximum absolute atomic E-state index is 10.6. The van der Waals surface area contributed by atoms with E-state index in [4.69, 9.17) is 10.8 Å². The molecule has 64 valence electrons. The van der Waals surface area contributed by atoms with Gasteiger partial charge in [0.1, 0.15) is 6.04 Å². The zero-order chi connectivity index (χ0) is 8.48. The largest absolute Gasteiger partial charge is 0.480 e. The molecule has 11 heavy (non-hydrogen) atoms. The van der Waals surface area contributed by atoms with Gasteiger partial charge in [-0.25, -0.2) is 0 Å². The molecule has 1 fully saturated rings. The van der Waals surface area contributed by atoms with Crippen LogP contribution >= 0.6 is 0 Å². The zero-order valence-electron chi connectivity index (χ0n) is 6.84. The van der Waals surface area contributed by atoms with E-state index in [2.05, 4.69) is 0 Å². The van der Waals surface area contributed by atoms with E-state index < -0.39 is 12.0 Å². The number of rotatable bonds is 2. The fourth-order valence-corrected chi connectivity index (χ4v) is 1.79. The maximum Gasteiger partial charge on any atom is 0.321 e. The predicted octanol–water partition coefficient (Wildman–Crippen LogP) is 0.979. The summed E-state index contributed by atoms with van der Waals surface area (Å²) >= 11 is 0. The highest BCUT2D eigenvalue weighted by Gasteiger charge is 2.38. The molecule has 1 saturated carbocycles. The zero-order valence-corrected chi connectivity index (χ0v) is 6.84. The second kappa shape index (κ2) is 2.81. The van der Waals surface area contributed by atoms with Crippen molar-refractivity contribution in [2.24, 2.45) is 11.1 Å². The molecule has 1 atom stereocenters. The number of carboxylic acid groups (broad SMARTS) is 1. The van der Waals surface area contributed by atoms with Crippen LogP contribution in [0.15, 0.2) is 0 Å².